The normalized spacial score (nSPS) is 20.7. The summed E-state index contributed by atoms with van der Waals surface area (Å²) >= 11 is 0. The highest BCUT2D eigenvalue weighted by Crippen LogP contribution is 2.28. The summed E-state index contributed by atoms with van der Waals surface area (Å²) in [6, 6.07) is 0. The maximum Gasteiger partial charge on any atom is 0.268 e. The molecule has 7 heteroatoms. The molecule has 1 aliphatic carbocycles. The van der Waals surface area contributed by atoms with Crippen LogP contribution in [0, 0.1) is 0 Å². The number of hydrogen-bond donors (Lipinski definition) is 2. The van der Waals surface area contributed by atoms with E-state index < -0.39 is 5.54 Å². The van der Waals surface area contributed by atoms with Crippen LogP contribution >= 0.6 is 0 Å². The highest BCUT2D eigenvalue weighted by molar-refractivity contribution is 6.40. The molecule has 128 valence electrons. The third-order valence-electron chi connectivity index (χ3n) is 4.50. The number of hydrazone groups is 1. The number of nitrogens with zero attached hydrogens (tertiary/aromatic N) is 2. The molecular weight excluding hydrogens is 296 g/mol. The van der Waals surface area contributed by atoms with Crippen molar-refractivity contribution in [3.05, 3.63) is 0 Å². The number of nitrogens with one attached hydrogen (secondary N) is 2. The van der Waals surface area contributed by atoms with Crippen LogP contribution in [0.1, 0.15) is 58.3 Å². The molecule has 2 rings (SSSR count). The van der Waals surface area contributed by atoms with Crippen LogP contribution in [-0.4, -0.2) is 47.6 Å². The van der Waals surface area contributed by atoms with Gasteiger partial charge in [-0.3, -0.25) is 14.4 Å². The third kappa shape index (κ3) is 4.09. The van der Waals surface area contributed by atoms with Crippen LogP contribution in [0.4, 0.5) is 0 Å². The summed E-state index contributed by atoms with van der Waals surface area (Å²) in [7, 11) is 1.54. The van der Waals surface area contributed by atoms with Gasteiger partial charge in [0.25, 0.3) is 5.91 Å². The maximum atomic E-state index is 12.6. The molecule has 0 atom stereocenters. The van der Waals surface area contributed by atoms with Crippen LogP contribution in [0.15, 0.2) is 5.10 Å². The van der Waals surface area contributed by atoms with Crippen molar-refractivity contribution in [2.24, 2.45) is 5.10 Å². The average molecular weight is 322 g/mol. The third-order valence-corrected chi connectivity index (χ3v) is 4.50. The molecule has 2 aliphatic rings. The molecule has 0 unspecified atom stereocenters. The first-order valence-electron chi connectivity index (χ1n) is 8.43. The van der Waals surface area contributed by atoms with Crippen LogP contribution in [0.3, 0.4) is 0 Å². The molecule has 1 fully saturated rings. The minimum absolute atomic E-state index is 0.102. The number of carbonyl (C=O) groups excluding carboxylic acids is 3. The van der Waals surface area contributed by atoms with Crippen LogP contribution in [0.5, 0.6) is 0 Å². The van der Waals surface area contributed by atoms with Crippen molar-refractivity contribution < 1.29 is 14.4 Å². The minimum Gasteiger partial charge on any atom is -0.354 e. The van der Waals surface area contributed by atoms with Crippen molar-refractivity contribution in [3.63, 3.8) is 0 Å². The summed E-state index contributed by atoms with van der Waals surface area (Å²) < 4.78 is 0. The highest BCUT2D eigenvalue weighted by atomic mass is 16.2. The van der Waals surface area contributed by atoms with Gasteiger partial charge >= 0.3 is 0 Å². The number of amides is 3. The summed E-state index contributed by atoms with van der Waals surface area (Å²) in [5, 5.41) is 11.1. The molecule has 0 saturated heterocycles. The summed E-state index contributed by atoms with van der Waals surface area (Å²) in [5.74, 6) is -0.541. The van der Waals surface area contributed by atoms with E-state index in [0.717, 1.165) is 25.7 Å². The Bertz CT molecular complexity index is 509. The monoisotopic (exact) mass is 322 g/mol. The van der Waals surface area contributed by atoms with Crippen molar-refractivity contribution >= 4 is 23.4 Å². The minimum atomic E-state index is -0.840. The number of rotatable bonds is 5. The number of carbonyl (C=O) groups is 3. The molecule has 23 heavy (non-hydrogen) atoms. The molecule has 1 heterocycles. The van der Waals surface area contributed by atoms with E-state index in [0.29, 0.717) is 31.5 Å². The summed E-state index contributed by atoms with van der Waals surface area (Å²) in [5.41, 5.74) is -0.520. The lowest BCUT2D eigenvalue weighted by Gasteiger charge is -2.37. The molecule has 1 aliphatic heterocycles. The molecular formula is C16H26N4O3. The molecule has 1 saturated carbocycles. The van der Waals surface area contributed by atoms with Crippen LogP contribution < -0.4 is 10.6 Å². The van der Waals surface area contributed by atoms with Crippen molar-refractivity contribution in [2.75, 3.05) is 13.6 Å². The molecule has 0 spiro atoms. The standard InChI is InChI=1S/C16H26N4O3/c1-3-11-17-15(23)16(9-5-4-6-10-16)18-14(22)12-7-8-13(21)20(2)19-12/h3-11H2,1-2H3,(H,17,23)(H,18,22). The zero-order valence-electron chi connectivity index (χ0n) is 14.0. The Kier molecular flexibility index (Phi) is 5.74. The van der Waals surface area contributed by atoms with Gasteiger partial charge in [0.15, 0.2) is 0 Å². The molecule has 0 aromatic carbocycles. The van der Waals surface area contributed by atoms with Gasteiger partial charge in [-0.15, -0.1) is 0 Å². The second-order valence-electron chi connectivity index (χ2n) is 6.32. The first-order valence-corrected chi connectivity index (χ1v) is 8.43. The Balaban J connectivity index is 2.11. The maximum absolute atomic E-state index is 12.6. The van der Waals surface area contributed by atoms with E-state index in [-0.39, 0.29) is 24.1 Å². The van der Waals surface area contributed by atoms with E-state index >= 15 is 0 Å². The van der Waals surface area contributed by atoms with E-state index in [1.807, 2.05) is 6.92 Å². The predicted molar refractivity (Wildman–Crippen MR) is 86.7 cm³/mol. The van der Waals surface area contributed by atoms with Gasteiger partial charge in [-0.1, -0.05) is 26.2 Å². The quantitative estimate of drug-likeness (QED) is 0.789. The Labute approximate surface area is 136 Å². The van der Waals surface area contributed by atoms with Gasteiger partial charge in [-0.05, 0) is 19.3 Å². The van der Waals surface area contributed by atoms with Crippen molar-refractivity contribution in [1.82, 2.24) is 15.6 Å². The predicted octanol–water partition coefficient (Wildman–Crippen LogP) is 0.940. The Morgan fingerprint density at radius 3 is 2.52 bits per heavy atom. The van der Waals surface area contributed by atoms with Crippen LogP contribution in [0.25, 0.3) is 0 Å². The lowest BCUT2D eigenvalue weighted by atomic mass is 9.80. The molecule has 0 bridgehead atoms. The zero-order valence-corrected chi connectivity index (χ0v) is 14.0. The van der Waals surface area contributed by atoms with E-state index in [2.05, 4.69) is 15.7 Å². The molecule has 7 nitrogen and oxygen atoms in total. The van der Waals surface area contributed by atoms with Gasteiger partial charge < -0.3 is 10.6 Å². The first-order chi connectivity index (χ1) is 11.0. The summed E-state index contributed by atoms with van der Waals surface area (Å²) in [6.45, 7) is 2.60. The van der Waals surface area contributed by atoms with Gasteiger partial charge in [0.05, 0.1) is 0 Å². The van der Waals surface area contributed by atoms with E-state index in [1.165, 1.54) is 5.01 Å². The van der Waals surface area contributed by atoms with Crippen LogP contribution in [-0.2, 0) is 14.4 Å². The fourth-order valence-electron chi connectivity index (χ4n) is 3.09. The van der Waals surface area contributed by atoms with Gasteiger partial charge in [0, 0.05) is 26.4 Å². The van der Waals surface area contributed by atoms with Crippen LogP contribution in [0.2, 0.25) is 0 Å². The molecule has 2 N–H and O–H groups in total. The summed E-state index contributed by atoms with van der Waals surface area (Å²) in [4.78, 5) is 36.6. The largest absolute Gasteiger partial charge is 0.354 e. The zero-order chi connectivity index (χ0) is 16.9. The first kappa shape index (κ1) is 17.4. The van der Waals surface area contributed by atoms with Crippen molar-refractivity contribution in [1.29, 1.82) is 0 Å². The average Bonchev–Trinajstić information content (AvgIpc) is 2.55. The topological polar surface area (TPSA) is 90.9 Å². The molecule has 3 amide bonds. The fraction of sp³-hybridized carbons (Fsp3) is 0.750. The fourth-order valence-corrected chi connectivity index (χ4v) is 3.09. The lowest BCUT2D eigenvalue weighted by molar-refractivity contribution is -0.133. The van der Waals surface area contributed by atoms with Gasteiger partial charge in [0.2, 0.25) is 11.8 Å². The second kappa shape index (κ2) is 7.57. The van der Waals surface area contributed by atoms with Gasteiger partial charge in [0.1, 0.15) is 11.3 Å². The Hall–Kier alpha value is -1.92. The Morgan fingerprint density at radius 2 is 1.91 bits per heavy atom. The second-order valence-corrected chi connectivity index (χ2v) is 6.32. The SMILES string of the molecule is CCCNC(=O)C1(NC(=O)C2=NN(C)C(=O)CC2)CCCCC1. The molecule has 0 aromatic rings. The highest BCUT2D eigenvalue weighted by Gasteiger charge is 2.41. The van der Waals surface area contributed by atoms with Crippen molar-refractivity contribution in [2.45, 2.75) is 63.8 Å². The van der Waals surface area contributed by atoms with E-state index in [1.54, 1.807) is 7.05 Å². The van der Waals surface area contributed by atoms with E-state index in [4.69, 9.17) is 0 Å². The van der Waals surface area contributed by atoms with Gasteiger partial charge in [-0.2, -0.15) is 5.10 Å². The molecule has 0 aromatic heterocycles. The molecule has 0 radical (unpaired) electrons. The lowest BCUT2D eigenvalue weighted by Crippen LogP contribution is -2.61. The number of hydrogen-bond acceptors (Lipinski definition) is 4. The smallest absolute Gasteiger partial charge is 0.268 e. The summed E-state index contributed by atoms with van der Waals surface area (Å²) in [6.07, 6.45) is 5.67. The van der Waals surface area contributed by atoms with Gasteiger partial charge in [-0.25, -0.2) is 5.01 Å². The van der Waals surface area contributed by atoms with Crippen molar-refractivity contribution in [3.8, 4) is 0 Å². The Morgan fingerprint density at radius 1 is 1.22 bits per heavy atom. The van der Waals surface area contributed by atoms with E-state index in [9.17, 15) is 14.4 Å².